The van der Waals surface area contributed by atoms with Crippen molar-refractivity contribution in [3.8, 4) is 5.69 Å². The monoisotopic (exact) mass is 409 g/mol. The summed E-state index contributed by atoms with van der Waals surface area (Å²) in [6.45, 7) is 8.85. The number of benzene rings is 1. The van der Waals surface area contributed by atoms with Crippen molar-refractivity contribution in [3.05, 3.63) is 53.9 Å². The molecule has 0 atom stereocenters. The van der Waals surface area contributed by atoms with Crippen LogP contribution in [0, 0.1) is 19.8 Å². The Labute approximate surface area is 175 Å². The molecule has 0 radical (unpaired) electrons. The fourth-order valence-electron chi connectivity index (χ4n) is 3.16. The molecule has 3 rings (SSSR count). The lowest BCUT2D eigenvalue weighted by molar-refractivity contribution is -0.123. The molecule has 2 N–H and O–H groups in total. The molecule has 0 saturated carbocycles. The van der Waals surface area contributed by atoms with E-state index in [0.717, 1.165) is 29.2 Å². The third-order valence-electron chi connectivity index (χ3n) is 4.69. The highest BCUT2D eigenvalue weighted by atomic mass is 16.2. The molecule has 158 valence electrons. The number of hydrogen-bond acceptors (Lipinski definition) is 5. The molecule has 0 aliphatic heterocycles. The molecular formula is C21H27N7O2. The van der Waals surface area contributed by atoms with Crippen LogP contribution < -0.4 is 10.6 Å². The topological polar surface area (TPSA) is 107 Å². The summed E-state index contributed by atoms with van der Waals surface area (Å²) in [6.07, 6.45) is 3.26. The van der Waals surface area contributed by atoms with Gasteiger partial charge in [0.15, 0.2) is 0 Å². The maximum Gasteiger partial charge on any atom is 0.243 e. The first-order valence-electron chi connectivity index (χ1n) is 9.88. The number of carbonyl (C=O) groups is 2. The van der Waals surface area contributed by atoms with Crippen LogP contribution >= 0.6 is 0 Å². The van der Waals surface area contributed by atoms with Crippen LogP contribution in [0.4, 0.5) is 5.69 Å². The third kappa shape index (κ3) is 5.31. The summed E-state index contributed by atoms with van der Waals surface area (Å²) in [5.41, 5.74) is 4.23. The van der Waals surface area contributed by atoms with E-state index in [1.807, 2.05) is 30.7 Å². The van der Waals surface area contributed by atoms with Crippen LogP contribution in [0.5, 0.6) is 0 Å². The van der Waals surface area contributed by atoms with Gasteiger partial charge in [-0.05, 0) is 44.0 Å². The Bertz CT molecular complexity index is 1000. The van der Waals surface area contributed by atoms with Gasteiger partial charge in [0.05, 0.1) is 24.3 Å². The standard InChI is InChI=1S/C21H27N7O2/c1-14(2)11-27-16(4)19(15(3)26-27)9-20(29)23-10-21(30)25-17-5-7-18(8-6-17)28-13-22-12-24-28/h5-8,12-14H,9-11H2,1-4H3,(H,23,29)(H,25,30). The molecular weight excluding hydrogens is 382 g/mol. The van der Waals surface area contributed by atoms with E-state index in [9.17, 15) is 9.59 Å². The fourth-order valence-corrected chi connectivity index (χ4v) is 3.16. The second-order valence-corrected chi connectivity index (χ2v) is 7.61. The van der Waals surface area contributed by atoms with Gasteiger partial charge in [-0.3, -0.25) is 14.3 Å². The molecule has 2 aromatic heterocycles. The van der Waals surface area contributed by atoms with Crippen LogP contribution in [0.1, 0.15) is 30.8 Å². The lowest BCUT2D eigenvalue weighted by Gasteiger charge is -2.09. The van der Waals surface area contributed by atoms with E-state index in [4.69, 9.17) is 0 Å². The number of anilines is 1. The van der Waals surface area contributed by atoms with E-state index in [-0.39, 0.29) is 24.8 Å². The van der Waals surface area contributed by atoms with Gasteiger partial charge in [0.25, 0.3) is 0 Å². The second kappa shape index (κ2) is 9.34. The van der Waals surface area contributed by atoms with Crippen molar-refractivity contribution in [1.29, 1.82) is 0 Å². The van der Waals surface area contributed by atoms with Crippen LogP contribution in [0.15, 0.2) is 36.9 Å². The Hall–Kier alpha value is -3.49. The smallest absolute Gasteiger partial charge is 0.243 e. The zero-order valence-corrected chi connectivity index (χ0v) is 17.7. The summed E-state index contributed by atoms with van der Waals surface area (Å²) in [5.74, 6) is -0.0265. The zero-order valence-electron chi connectivity index (χ0n) is 17.7. The van der Waals surface area contributed by atoms with Gasteiger partial charge in [0, 0.05) is 23.5 Å². The highest BCUT2D eigenvalue weighted by Gasteiger charge is 2.16. The van der Waals surface area contributed by atoms with Crippen LogP contribution in [0.3, 0.4) is 0 Å². The number of aromatic nitrogens is 5. The number of rotatable bonds is 8. The van der Waals surface area contributed by atoms with Crippen molar-refractivity contribution in [3.63, 3.8) is 0 Å². The minimum Gasteiger partial charge on any atom is -0.347 e. The maximum atomic E-state index is 12.3. The van der Waals surface area contributed by atoms with Gasteiger partial charge in [-0.1, -0.05) is 13.8 Å². The van der Waals surface area contributed by atoms with Crippen LogP contribution in [0.25, 0.3) is 5.69 Å². The molecule has 2 heterocycles. The van der Waals surface area contributed by atoms with Crippen molar-refractivity contribution in [1.82, 2.24) is 29.9 Å². The Morgan fingerprint density at radius 3 is 2.47 bits per heavy atom. The fraction of sp³-hybridized carbons (Fsp3) is 0.381. The Balaban J connectivity index is 1.50. The predicted octanol–water partition coefficient (Wildman–Crippen LogP) is 2.03. The number of nitrogens with zero attached hydrogens (tertiary/aromatic N) is 5. The molecule has 3 aromatic rings. The molecule has 0 fully saturated rings. The molecule has 9 heteroatoms. The number of hydrogen-bond donors (Lipinski definition) is 2. The van der Waals surface area contributed by atoms with Gasteiger partial charge >= 0.3 is 0 Å². The highest BCUT2D eigenvalue weighted by molar-refractivity contribution is 5.94. The summed E-state index contributed by atoms with van der Waals surface area (Å²) < 4.78 is 3.57. The van der Waals surface area contributed by atoms with Crippen LogP contribution in [-0.4, -0.2) is 42.9 Å². The summed E-state index contributed by atoms with van der Waals surface area (Å²) >= 11 is 0. The molecule has 1 aromatic carbocycles. The van der Waals surface area contributed by atoms with Crippen molar-refractivity contribution in [2.45, 2.75) is 40.7 Å². The van der Waals surface area contributed by atoms with Crippen LogP contribution in [-0.2, 0) is 22.6 Å². The normalized spacial score (nSPS) is 11.0. The van der Waals surface area contributed by atoms with E-state index < -0.39 is 0 Å². The molecule has 0 bridgehead atoms. The average Bonchev–Trinajstić information content (AvgIpc) is 3.32. The molecule has 0 unspecified atom stereocenters. The van der Waals surface area contributed by atoms with E-state index in [0.29, 0.717) is 11.6 Å². The highest BCUT2D eigenvalue weighted by Crippen LogP contribution is 2.15. The van der Waals surface area contributed by atoms with Gasteiger partial charge in [0.2, 0.25) is 11.8 Å². The van der Waals surface area contributed by atoms with Gasteiger partial charge in [-0.15, -0.1) is 0 Å². The average molecular weight is 409 g/mol. The van der Waals surface area contributed by atoms with E-state index >= 15 is 0 Å². The largest absolute Gasteiger partial charge is 0.347 e. The lowest BCUT2D eigenvalue weighted by atomic mass is 10.1. The predicted molar refractivity (Wildman–Crippen MR) is 113 cm³/mol. The SMILES string of the molecule is Cc1nn(CC(C)C)c(C)c1CC(=O)NCC(=O)Nc1ccc(-n2cncn2)cc1. The minimum atomic E-state index is -0.291. The van der Waals surface area contributed by atoms with Crippen molar-refractivity contribution >= 4 is 17.5 Å². The first-order valence-corrected chi connectivity index (χ1v) is 9.88. The molecule has 0 spiro atoms. The minimum absolute atomic E-state index is 0.0953. The number of carbonyl (C=O) groups excluding carboxylic acids is 2. The maximum absolute atomic E-state index is 12.3. The summed E-state index contributed by atoms with van der Waals surface area (Å²) in [4.78, 5) is 28.4. The Morgan fingerprint density at radius 1 is 1.10 bits per heavy atom. The van der Waals surface area contributed by atoms with Crippen molar-refractivity contribution in [2.75, 3.05) is 11.9 Å². The number of nitrogens with one attached hydrogen (secondary N) is 2. The van der Waals surface area contributed by atoms with E-state index in [2.05, 4.69) is 39.7 Å². The van der Waals surface area contributed by atoms with Gasteiger partial charge in [0.1, 0.15) is 12.7 Å². The van der Waals surface area contributed by atoms with Crippen molar-refractivity contribution in [2.24, 2.45) is 5.92 Å². The lowest BCUT2D eigenvalue weighted by Crippen LogP contribution is -2.34. The number of amides is 2. The van der Waals surface area contributed by atoms with E-state index in [1.54, 1.807) is 23.1 Å². The molecule has 0 saturated heterocycles. The van der Waals surface area contributed by atoms with Crippen molar-refractivity contribution < 1.29 is 9.59 Å². The third-order valence-corrected chi connectivity index (χ3v) is 4.69. The molecule has 0 aliphatic carbocycles. The first-order chi connectivity index (χ1) is 14.3. The Morgan fingerprint density at radius 2 is 1.83 bits per heavy atom. The zero-order chi connectivity index (χ0) is 21.7. The summed E-state index contributed by atoms with van der Waals surface area (Å²) in [6, 6.07) is 7.19. The molecule has 9 nitrogen and oxygen atoms in total. The van der Waals surface area contributed by atoms with Gasteiger partial charge in [-0.25, -0.2) is 9.67 Å². The number of aryl methyl sites for hydroxylation is 1. The molecule has 2 amide bonds. The first kappa shape index (κ1) is 21.2. The van der Waals surface area contributed by atoms with Crippen LogP contribution in [0.2, 0.25) is 0 Å². The second-order valence-electron chi connectivity index (χ2n) is 7.61. The molecule has 0 aliphatic rings. The molecule has 30 heavy (non-hydrogen) atoms. The quantitative estimate of drug-likeness (QED) is 0.592. The summed E-state index contributed by atoms with van der Waals surface area (Å²) in [7, 11) is 0. The van der Waals surface area contributed by atoms with Gasteiger partial charge < -0.3 is 10.6 Å². The van der Waals surface area contributed by atoms with E-state index in [1.165, 1.54) is 6.33 Å². The summed E-state index contributed by atoms with van der Waals surface area (Å²) in [5, 5.41) is 14.0. The van der Waals surface area contributed by atoms with Gasteiger partial charge in [-0.2, -0.15) is 10.2 Å². The Kier molecular flexibility index (Phi) is 6.61.